The van der Waals surface area contributed by atoms with E-state index < -0.39 is 0 Å². The van der Waals surface area contributed by atoms with Crippen molar-refractivity contribution in [1.82, 2.24) is 10.2 Å². The van der Waals surface area contributed by atoms with Crippen LogP contribution in [0.5, 0.6) is 0 Å². The first kappa shape index (κ1) is 9.94. The largest absolute Gasteiger partial charge is 0.191 e. The standard InChI is InChI=1S/C9H10ClN3/c1-9(2,3)7-4-6(5-11)12-13-8(7)10/h4H,1-3H3. The lowest BCUT2D eigenvalue weighted by atomic mass is 9.88. The summed E-state index contributed by atoms with van der Waals surface area (Å²) in [5.41, 5.74) is 1.04. The minimum atomic E-state index is -0.112. The van der Waals surface area contributed by atoms with Gasteiger partial charge in [-0.05, 0) is 17.0 Å². The molecule has 0 unspecified atom stereocenters. The SMILES string of the molecule is CC(C)(C)c1cc(C#N)nnc1Cl. The topological polar surface area (TPSA) is 49.6 Å². The Morgan fingerprint density at radius 2 is 2.00 bits per heavy atom. The molecular formula is C9H10ClN3. The van der Waals surface area contributed by atoms with E-state index in [1.54, 1.807) is 6.07 Å². The zero-order chi connectivity index (χ0) is 10.1. The maximum atomic E-state index is 8.62. The molecule has 0 amide bonds. The van der Waals surface area contributed by atoms with Gasteiger partial charge in [-0.15, -0.1) is 10.2 Å². The van der Waals surface area contributed by atoms with Gasteiger partial charge in [-0.3, -0.25) is 0 Å². The molecule has 3 nitrogen and oxygen atoms in total. The van der Waals surface area contributed by atoms with E-state index in [0.29, 0.717) is 10.8 Å². The minimum Gasteiger partial charge on any atom is -0.191 e. The van der Waals surface area contributed by atoms with Gasteiger partial charge in [0.05, 0.1) is 0 Å². The van der Waals surface area contributed by atoms with Crippen LogP contribution in [0.1, 0.15) is 32.0 Å². The number of halogens is 1. The summed E-state index contributed by atoms with van der Waals surface area (Å²) in [5, 5.41) is 16.3. The molecule has 0 saturated heterocycles. The lowest BCUT2D eigenvalue weighted by molar-refractivity contribution is 0.584. The average Bonchev–Trinajstić information content (AvgIpc) is 2.03. The Morgan fingerprint density at radius 1 is 1.38 bits per heavy atom. The normalized spacial score (nSPS) is 11.0. The third kappa shape index (κ3) is 2.16. The van der Waals surface area contributed by atoms with Crippen LogP contribution in [0, 0.1) is 11.3 Å². The third-order valence-corrected chi connectivity index (χ3v) is 1.95. The Hall–Kier alpha value is -1.14. The molecule has 68 valence electrons. The molecular weight excluding hydrogens is 186 g/mol. The Kier molecular flexibility index (Phi) is 2.53. The van der Waals surface area contributed by atoms with Gasteiger partial charge in [-0.1, -0.05) is 32.4 Å². The van der Waals surface area contributed by atoms with Crippen LogP contribution in [-0.4, -0.2) is 10.2 Å². The predicted octanol–water partition coefficient (Wildman–Crippen LogP) is 2.30. The van der Waals surface area contributed by atoms with Crippen LogP contribution >= 0.6 is 11.6 Å². The van der Waals surface area contributed by atoms with E-state index in [2.05, 4.69) is 10.2 Å². The van der Waals surface area contributed by atoms with Gasteiger partial charge in [-0.2, -0.15) is 5.26 Å². The number of aromatic nitrogens is 2. The van der Waals surface area contributed by atoms with E-state index in [1.807, 2.05) is 26.8 Å². The number of nitriles is 1. The van der Waals surface area contributed by atoms with Gasteiger partial charge in [0.25, 0.3) is 0 Å². The predicted molar refractivity (Wildman–Crippen MR) is 50.5 cm³/mol. The van der Waals surface area contributed by atoms with E-state index in [-0.39, 0.29) is 5.41 Å². The molecule has 0 radical (unpaired) electrons. The number of hydrogen-bond donors (Lipinski definition) is 0. The first-order valence-electron chi connectivity index (χ1n) is 3.89. The molecule has 0 aliphatic heterocycles. The highest BCUT2D eigenvalue weighted by atomic mass is 35.5. The van der Waals surface area contributed by atoms with E-state index >= 15 is 0 Å². The van der Waals surface area contributed by atoms with Gasteiger partial charge < -0.3 is 0 Å². The number of nitrogens with zero attached hydrogens (tertiary/aromatic N) is 3. The van der Waals surface area contributed by atoms with Crippen molar-refractivity contribution in [1.29, 1.82) is 5.26 Å². The van der Waals surface area contributed by atoms with Crippen molar-refractivity contribution in [2.75, 3.05) is 0 Å². The molecule has 0 N–H and O–H groups in total. The fourth-order valence-corrected chi connectivity index (χ4v) is 1.33. The fraction of sp³-hybridized carbons (Fsp3) is 0.444. The van der Waals surface area contributed by atoms with Crippen LogP contribution in [0.15, 0.2) is 6.07 Å². The lowest BCUT2D eigenvalue weighted by Crippen LogP contribution is -2.13. The zero-order valence-electron chi connectivity index (χ0n) is 7.80. The second kappa shape index (κ2) is 3.31. The van der Waals surface area contributed by atoms with Crippen molar-refractivity contribution < 1.29 is 0 Å². The van der Waals surface area contributed by atoms with Crippen LogP contribution in [0.4, 0.5) is 0 Å². The molecule has 0 spiro atoms. The van der Waals surface area contributed by atoms with Crippen molar-refractivity contribution in [2.24, 2.45) is 0 Å². The minimum absolute atomic E-state index is 0.112. The summed E-state index contributed by atoms with van der Waals surface area (Å²) < 4.78 is 0. The number of hydrogen-bond acceptors (Lipinski definition) is 3. The molecule has 1 aromatic heterocycles. The van der Waals surface area contributed by atoms with Gasteiger partial charge in [0.2, 0.25) is 0 Å². The highest BCUT2D eigenvalue weighted by Gasteiger charge is 2.19. The summed E-state index contributed by atoms with van der Waals surface area (Å²) in [6, 6.07) is 3.61. The van der Waals surface area contributed by atoms with E-state index in [4.69, 9.17) is 16.9 Å². The quantitative estimate of drug-likeness (QED) is 0.638. The summed E-state index contributed by atoms with van der Waals surface area (Å²) in [6.45, 7) is 6.03. The summed E-state index contributed by atoms with van der Waals surface area (Å²) in [5.74, 6) is 0. The summed E-state index contributed by atoms with van der Waals surface area (Å²) in [4.78, 5) is 0. The van der Waals surface area contributed by atoms with Gasteiger partial charge in [0, 0.05) is 0 Å². The fourth-order valence-electron chi connectivity index (χ4n) is 0.957. The van der Waals surface area contributed by atoms with Gasteiger partial charge in [0.1, 0.15) is 6.07 Å². The van der Waals surface area contributed by atoms with Gasteiger partial charge in [-0.25, -0.2) is 0 Å². The summed E-state index contributed by atoms with van der Waals surface area (Å²) in [7, 11) is 0. The van der Waals surface area contributed by atoms with Crippen LogP contribution < -0.4 is 0 Å². The molecule has 0 aromatic carbocycles. The monoisotopic (exact) mass is 195 g/mol. The maximum Gasteiger partial charge on any atom is 0.163 e. The lowest BCUT2D eigenvalue weighted by Gasteiger charge is -2.19. The molecule has 13 heavy (non-hydrogen) atoms. The first-order valence-corrected chi connectivity index (χ1v) is 4.27. The van der Waals surface area contributed by atoms with E-state index in [9.17, 15) is 0 Å². The van der Waals surface area contributed by atoms with E-state index in [0.717, 1.165) is 5.56 Å². The Morgan fingerprint density at radius 3 is 2.46 bits per heavy atom. The van der Waals surface area contributed by atoms with Crippen molar-refractivity contribution in [3.05, 3.63) is 22.5 Å². The second-order valence-corrected chi connectivity index (χ2v) is 4.15. The highest BCUT2D eigenvalue weighted by molar-refractivity contribution is 6.30. The van der Waals surface area contributed by atoms with Gasteiger partial charge in [0.15, 0.2) is 10.8 Å². The molecule has 0 fully saturated rings. The molecule has 0 aliphatic carbocycles. The Bertz CT molecular complexity index is 360. The molecule has 1 aromatic rings. The molecule has 0 bridgehead atoms. The number of rotatable bonds is 0. The van der Waals surface area contributed by atoms with Crippen molar-refractivity contribution in [3.63, 3.8) is 0 Å². The molecule has 0 aliphatic rings. The van der Waals surface area contributed by atoms with Gasteiger partial charge >= 0.3 is 0 Å². The van der Waals surface area contributed by atoms with Crippen molar-refractivity contribution >= 4 is 11.6 Å². The molecule has 4 heteroatoms. The summed E-state index contributed by atoms with van der Waals surface area (Å²) >= 11 is 5.85. The van der Waals surface area contributed by atoms with Crippen LogP contribution in [0.3, 0.4) is 0 Å². The molecule has 1 rings (SSSR count). The van der Waals surface area contributed by atoms with Crippen LogP contribution in [0.2, 0.25) is 5.15 Å². The van der Waals surface area contributed by atoms with Crippen molar-refractivity contribution in [2.45, 2.75) is 26.2 Å². The Balaban J connectivity index is 3.29. The average molecular weight is 196 g/mol. The zero-order valence-corrected chi connectivity index (χ0v) is 8.55. The Labute approximate surface area is 82.4 Å². The highest BCUT2D eigenvalue weighted by Crippen LogP contribution is 2.27. The smallest absolute Gasteiger partial charge is 0.163 e. The van der Waals surface area contributed by atoms with E-state index in [1.165, 1.54) is 0 Å². The summed E-state index contributed by atoms with van der Waals surface area (Å²) in [6.07, 6.45) is 0. The molecule has 0 atom stereocenters. The second-order valence-electron chi connectivity index (χ2n) is 3.80. The first-order chi connectivity index (χ1) is 5.95. The maximum absolute atomic E-state index is 8.62. The van der Waals surface area contributed by atoms with Crippen LogP contribution in [-0.2, 0) is 5.41 Å². The van der Waals surface area contributed by atoms with Crippen LogP contribution in [0.25, 0.3) is 0 Å². The third-order valence-electron chi connectivity index (χ3n) is 1.67. The molecule has 0 saturated carbocycles. The molecule has 1 heterocycles. The van der Waals surface area contributed by atoms with Crippen molar-refractivity contribution in [3.8, 4) is 6.07 Å².